The molecule has 194 valence electrons. The molecule has 0 saturated carbocycles. The Labute approximate surface area is 220 Å². The van der Waals surface area contributed by atoms with E-state index >= 15 is 0 Å². The van der Waals surface area contributed by atoms with Gasteiger partial charge in [-0.05, 0) is 55.7 Å². The molecule has 2 amide bonds. The van der Waals surface area contributed by atoms with Crippen LogP contribution in [0.5, 0.6) is 5.75 Å². The minimum Gasteiger partial charge on any atom is -0.494 e. The first-order chi connectivity index (χ1) is 18.0. The van der Waals surface area contributed by atoms with E-state index in [2.05, 4.69) is 21.7 Å². The molecule has 0 spiro atoms. The van der Waals surface area contributed by atoms with Crippen LogP contribution in [0.1, 0.15) is 47.2 Å². The van der Waals surface area contributed by atoms with E-state index in [1.165, 1.54) is 11.3 Å². The van der Waals surface area contributed by atoms with Crippen LogP contribution in [0.4, 0.5) is 9.80 Å². The molecule has 1 atom stereocenters. The predicted molar refractivity (Wildman–Crippen MR) is 141 cm³/mol. The van der Waals surface area contributed by atoms with Gasteiger partial charge < -0.3 is 24.7 Å². The van der Waals surface area contributed by atoms with E-state index in [0.29, 0.717) is 49.6 Å². The van der Waals surface area contributed by atoms with Crippen LogP contribution < -0.4 is 15.4 Å². The van der Waals surface area contributed by atoms with Gasteiger partial charge in [-0.3, -0.25) is 4.79 Å². The molecule has 2 heterocycles. The second-order valence-electron chi connectivity index (χ2n) is 8.92. The van der Waals surface area contributed by atoms with Crippen molar-refractivity contribution >= 4 is 28.3 Å². The van der Waals surface area contributed by atoms with Crippen molar-refractivity contribution in [2.45, 2.75) is 45.6 Å². The van der Waals surface area contributed by atoms with Crippen molar-refractivity contribution in [1.29, 1.82) is 5.26 Å². The van der Waals surface area contributed by atoms with Gasteiger partial charge in [-0.25, -0.2) is 9.78 Å². The zero-order chi connectivity index (χ0) is 26.2. The summed E-state index contributed by atoms with van der Waals surface area (Å²) >= 11 is 1.45. The van der Waals surface area contributed by atoms with Crippen molar-refractivity contribution in [3.8, 4) is 11.8 Å². The molecule has 3 aromatic rings. The summed E-state index contributed by atoms with van der Waals surface area (Å²) in [6.07, 6.45) is 6.10. The number of carbonyl (C=O) groups is 2. The van der Waals surface area contributed by atoms with Crippen LogP contribution in [-0.4, -0.2) is 34.8 Å². The Morgan fingerprint density at radius 3 is 2.92 bits per heavy atom. The number of rotatable bonds is 10. The first-order valence-corrected chi connectivity index (χ1v) is 13.2. The van der Waals surface area contributed by atoms with Crippen molar-refractivity contribution in [3.05, 3.63) is 64.1 Å². The lowest BCUT2D eigenvalue weighted by atomic mass is 9.88. The highest BCUT2D eigenvalue weighted by molar-refractivity contribution is 7.16. The highest BCUT2D eigenvalue weighted by atomic mass is 32.1. The Hall–Kier alpha value is -3.84. The van der Waals surface area contributed by atoms with Gasteiger partial charge in [0.1, 0.15) is 22.6 Å². The largest absolute Gasteiger partial charge is 0.494 e. The fourth-order valence-electron chi connectivity index (χ4n) is 4.41. The van der Waals surface area contributed by atoms with Crippen LogP contribution in [0.15, 0.2) is 36.7 Å². The maximum atomic E-state index is 12.7. The number of anilines is 1. The number of ether oxygens (including phenoxy) is 2. The Balaban J connectivity index is 1.29. The molecule has 2 N–H and O–H groups in total. The number of aromatic nitrogens is 2. The maximum Gasteiger partial charge on any atom is 0.407 e. The highest BCUT2D eigenvalue weighted by Crippen LogP contribution is 2.39. The molecule has 1 aliphatic rings. The number of aryl methyl sites for hydroxylation is 2. The van der Waals surface area contributed by atoms with E-state index in [4.69, 9.17) is 9.47 Å². The number of thiophene rings is 1. The molecule has 1 unspecified atom stereocenters. The number of fused-ring (bicyclic) bond motifs is 1. The highest BCUT2D eigenvalue weighted by Gasteiger charge is 2.27. The maximum absolute atomic E-state index is 12.7. The number of amides is 2. The molecule has 10 heteroatoms. The third-order valence-electron chi connectivity index (χ3n) is 6.39. The van der Waals surface area contributed by atoms with Gasteiger partial charge in [0.2, 0.25) is 5.91 Å². The van der Waals surface area contributed by atoms with Gasteiger partial charge in [0.05, 0.1) is 25.3 Å². The normalized spacial score (nSPS) is 14.4. The van der Waals surface area contributed by atoms with Crippen LogP contribution in [0.2, 0.25) is 0 Å². The summed E-state index contributed by atoms with van der Waals surface area (Å²) in [6, 6.07) is 9.99. The predicted octanol–water partition coefficient (Wildman–Crippen LogP) is 4.35. The lowest BCUT2D eigenvalue weighted by molar-refractivity contribution is -0.116. The first-order valence-electron chi connectivity index (χ1n) is 12.4. The van der Waals surface area contributed by atoms with Crippen molar-refractivity contribution in [2.75, 3.05) is 18.5 Å². The van der Waals surface area contributed by atoms with Gasteiger partial charge >= 0.3 is 6.09 Å². The van der Waals surface area contributed by atoms with Crippen molar-refractivity contribution < 1.29 is 19.1 Å². The SMILES string of the molecule is CCOc1ccccc1CCC(=O)Nc1sc2c(c1C#N)CCC(COC(=O)NCc1nccn1C)C2. The topological polar surface area (TPSA) is 118 Å². The lowest BCUT2D eigenvalue weighted by Gasteiger charge is -2.21. The molecule has 1 aliphatic carbocycles. The first kappa shape index (κ1) is 26.2. The van der Waals surface area contributed by atoms with Crippen molar-refractivity contribution in [3.63, 3.8) is 0 Å². The fourth-order valence-corrected chi connectivity index (χ4v) is 5.74. The van der Waals surface area contributed by atoms with Crippen molar-refractivity contribution in [2.24, 2.45) is 13.0 Å². The molecule has 0 saturated heterocycles. The second-order valence-corrected chi connectivity index (χ2v) is 10.0. The summed E-state index contributed by atoms with van der Waals surface area (Å²) in [4.78, 5) is 30.1. The summed E-state index contributed by atoms with van der Waals surface area (Å²) in [7, 11) is 1.86. The second kappa shape index (κ2) is 12.4. The number of nitrogens with zero attached hydrogens (tertiary/aromatic N) is 3. The summed E-state index contributed by atoms with van der Waals surface area (Å²) in [6.45, 7) is 3.10. The Morgan fingerprint density at radius 2 is 2.16 bits per heavy atom. The summed E-state index contributed by atoms with van der Waals surface area (Å²) < 4.78 is 12.9. The molecule has 9 nitrogen and oxygen atoms in total. The zero-order valence-corrected chi connectivity index (χ0v) is 21.9. The number of para-hydroxylation sites is 1. The van der Waals surface area contributed by atoms with Crippen LogP contribution in [0, 0.1) is 17.2 Å². The summed E-state index contributed by atoms with van der Waals surface area (Å²) in [5.41, 5.74) is 2.53. The number of carbonyl (C=O) groups excluding carboxylic acids is 2. The molecule has 0 aliphatic heterocycles. The molecule has 1 aromatic carbocycles. The van der Waals surface area contributed by atoms with E-state index in [-0.39, 0.29) is 11.8 Å². The van der Waals surface area contributed by atoms with E-state index in [1.54, 1.807) is 6.20 Å². The summed E-state index contributed by atoms with van der Waals surface area (Å²) in [5, 5.41) is 16.1. The van der Waals surface area contributed by atoms with Crippen LogP contribution >= 0.6 is 11.3 Å². The van der Waals surface area contributed by atoms with Crippen molar-refractivity contribution in [1.82, 2.24) is 14.9 Å². The van der Waals surface area contributed by atoms with Crippen LogP contribution in [0.3, 0.4) is 0 Å². The molecule has 2 aromatic heterocycles. The molecular formula is C27H31N5O4S. The minimum absolute atomic E-state index is 0.134. The number of alkyl carbamates (subject to hydrolysis) is 1. The number of hydrogen-bond acceptors (Lipinski definition) is 7. The Bertz CT molecular complexity index is 1290. The fraction of sp³-hybridized carbons (Fsp3) is 0.407. The number of nitrogens with one attached hydrogen (secondary N) is 2. The average molecular weight is 522 g/mol. The molecule has 0 bridgehead atoms. The smallest absolute Gasteiger partial charge is 0.407 e. The monoisotopic (exact) mass is 521 g/mol. The lowest BCUT2D eigenvalue weighted by Crippen LogP contribution is -2.28. The van der Waals surface area contributed by atoms with Gasteiger partial charge in [0.25, 0.3) is 0 Å². The standard InChI is InChI=1S/C27H31N5O4S/c1-3-35-22-7-5-4-6-19(22)9-11-25(33)31-26-21(15-28)20-10-8-18(14-23(20)37-26)17-36-27(34)30-16-24-29-12-13-32(24)2/h4-7,12-13,18H,3,8-11,14,16-17H2,1-2H3,(H,30,34)(H,31,33). The molecular weight excluding hydrogens is 490 g/mol. The third kappa shape index (κ3) is 6.68. The van der Waals surface area contributed by atoms with E-state index < -0.39 is 6.09 Å². The van der Waals surface area contributed by atoms with Gasteiger partial charge in [0.15, 0.2) is 0 Å². The number of imidazole rings is 1. The quantitative estimate of drug-likeness (QED) is 0.409. The van der Waals surface area contributed by atoms with E-state index in [0.717, 1.165) is 40.4 Å². The van der Waals surface area contributed by atoms with Crippen LogP contribution in [0.25, 0.3) is 0 Å². The van der Waals surface area contributed by atoms with E-state index in [1.807, 2.05) is 49.0 Å². The zero-order valence-electron chi connectivity index (χ0n) is 21.1. The Morgan fingerprint density at radius 1 is 1.32 bits per heavy atom. The number of nitriles is 1. The minimum atomic E-state index is -0.475. The number of benzene rings is 1. The van der Waals surface area contributed by atoms with Crippen LogP contribution in [-0.2, 0) is 42.4 Å². The van der Waals surface area contributed by atoms with E-state index in [9.17, 15) is 14.9 Å². The van der Waals surface area contributed by atoms with Gasteiger partial charge in [-0.2, -0.15) is 5.26 Å². The molecule has 4 rings (SSSR count). The molecule has 0 fully saturated rings. The molecule has 0 radical (unpaired) electrons. The van der Waals surface area contributed by atoms with Gasteiger partial charge in [-0.15, -0.1) is 11.3 Å². The average Bonchev–Trinajstić information content (AvgIpc) is 3.47. The van der Waals surface area contributed by atoms with Gasteiger partial charge in [-0.1, -0.05) is 18.2 Å². The summed E-state index contributed by atoms with van der Waals surface area (Å²) in [5.74, 6) is 1.57. The number of hydrogen-bond donors (Lipinski definition) is 2. The molecule has 37 heavy (non-hydrogen) atoms. The van der Waals surface area contributed by atoms with Gasteiger partial charge in [0, 0.05) is 30.7 Å². The third-order valence-corrected chi connectivity index (χ3v) is 7.56. The Kier molecular flexibility index (Phi) is 8.80.